The van der Waals surface area contributed by atoms with Crippen molar-refractivity contribution in [2.75, 3.05) is 39.3 Å². The zero-order valence-corrected chi connectivity index (χ0v) is 15.0. The first-order chi connectivity index (χ1) is 11.6. The van der Waals surface area contributed by atoms with E-state index in [1.165, 1.54) is 0 Å². The predicted molar refractivity (Wildman–Crippen MR) is 94.5 cm³/mol. The highest BCUT2D eigenvalue weighted by atomic mass is 16.2. The molecule has 0 aromatic heterocycles. The standard InChI is InChI=1S/C18H30N4O2/c1-4-8-16(5-2)19-18(24)22-13-11-20(12-14-22)15(3)17(23)21-9-6-7-10-21/h1,15-16H,5-14H2,2-3H3,(H,19,24)/t15-,16+/m0/s1. The van der Waals surface area contributed by atoms with Gasteiger partial charge < -0.3 is 15.1 Å². The molecule has 2 aliphatic heterocycles. The molecule has 2 aliphatic rings. The largest absolute Gasteiger partial charge is 0.341 e. The summed E-state index contributed by atoms with van der Waals surface area (Å²) in [6.07, 6.45) is 8.95. The maximum atomic E-state index is 12.5. The van der Waals surface area contributed by atoms with Crippen LogP contribution in [0, 0.1) is 12.3 Å². The van der Waals surface area contributed by atoms with Crippen LogP contribution in [0.3, 0.4) is 0 Å². The van der Waals surface area contributed by atoms with Gasteiger partial charge in [-0.25, -0.2) is 4.79 Å². The summed E-state index contributed by atoms with van der Waals surface area (Å²) < 4.78 is 0. The number of likely N-dealkylation sites (tertiary alicyclic amines) is 1. The molecule has 3 amide bonds. The molecule has 0 bridgehead atoms. The lowest BCUT2D eigenvalue weighted by molar-refractivity contribution is -0.135. The monoisotopic (exact) mass is 334 g/mol. The van der Waals surface area contributed by atoms with Crippen LogP contribution < -0.4 is 5.32 Å². The number of hydrogen-bond donors (Lipinski definition) is 1. The minimum absolute atomic E-state index is 0.0381. The van der Waals surface area contributed by atoms with Crippen molar-refractivity contribution in [2.24, 2.45) is 0 Å². The van der Waals surface area contributed by atoms with Crippen LogP contribution in [0.25, 0.3) is 0 Å². The number of nitrogens with one attached hydrogen (secondary N) is 1. The Kier molecular flexibility index (Phi) is 6.92. The van der Waals surface area contributed by atoms with Crippen molar-refractivity contribution in [3.63, 3.8) is 0 Å². The number of hydrogen-bond acceptors (Lipinski definition) is 3. The molecule has 0 unspecified atom stereocenters. The number of nitrogens with zero attached hydrogens (tertiary/aromatic N) is 3. The number of terminal acetylenes is 1. The highest BCUT2D eigenvalue weighted by Crippen LogP contribution is 2.14. The fraction of sp³-hybridized carbons (Fsp3) is 0.778. The van der Waals surface area contributed by atoms with Crippen molar-refractivity contribution in [2.45, 2.75) is 51.6 Å². The van der Waals surface area contributed by atoms with Crippen molar-refractivity contribution < 1.29 is 9.59 Å². The second kappa shape index (κ2) is 8.93. The lowest BCUT2D eigenvalue weighted by Gasteiger charge is -2.38. The van der Waals surface area contributed by atoms with Gasteiger partial charge in [0.15, 0.2) is 0 Å². The Hall–Kier alpha value is -1.74. The first kappa shape index (κ1) is 18.6. The molecular weight excluding hydrogens is 304 g/mol. The maximum Gasteiger partial charge on any atom is 0.317 e. The summed E-state index contributed by atoms with van der Waals surface area (Å²) in [6, 6.07) is -0.107. The van der Waals surface area contributed by atoms with E-state index in [1.807, 2.05) is 23.6 Å². The molecule has 0 aromatic rings. The molecule has 0 spiro atoms. The Morgan fingerprint density at radius 2 is 1.71 bits per heavy atom. The van der Waals surface area contributed by atoms with Crippen molar-refractivity contribution in [1.82, 2.24) is 20.0 Å². The summed E-state index contributed by atoms with van der Waals surface area (Å²) in [6.45, 7) is 8.55. The summed E-state index contributed by atoms with van der Waals surface area (Å²) >= 11 is 0. The van der Waals surface area contributed by atoms with Crippen LogP contribution in [-0.2, 0) is 4.79 Å². The Bertz CT molecular complexity index is 474. The fourth-order valence-corrected chi connectivity index (χ4v) is 3.38. The van der Waals surface area contributed by atoms with Crippen molar-refractivity contribution in [1.29, 1.82) is 0 Å². The molecule has 0 aliphatic carbocycles. The zero-order chi connectivity index (χ0) is 17.5. The van der Waals surface area contributed by atoms with Gasteiger partial charge in [0.25, 0.3) is 0 Å². The minimum Gasteiger partial charge on any atom is -0.341 e. The Morgan fingerprint density at radius 1 is 1.08 bits per heavy atom. The molecule has 2 atom stereocenters. The van der Waals surface area contributed by atoms with Gasteiger partial charge in [0.1, 0.15) is 0 Å². The van der Waals surface area contributed by atoms with Gasteiger partial charge in [-0.3, -0.25) is 9.69 Å². The molecule has 6 heteroatoms. The van der Waals surface area contributed by atoms with Crippen molar-refractivity contribution >= 4 is 11.9 Å². The van der Waals surface area contributed by atoms with E-state index < -0.39 is 0 Å². The van der Waals surface area contributed by atoms with Crippen LogP contribution in [0.15, 0.2) is 0 Å². The predicted octanol–water partition coefficient (Wildman–Crippen LogP) is 1.13. The molecule has 0 radical (unpaired) electrons. The topological polar surface area (TPSA) is 55.9 Å². The van der Waals surface area contributed by atoms with Crippen molar-refractivity contribution in [3.8, 4) is 12.3 Å². The van der Waals surface area contributed by atoms with E-state index in [-0.39, 0.29) is 24.0 Å². The van der Waals surface area contributed by atoms with Crippen molar-refractivity contribution in [3.05, 3.63) is 0 Å². The van der Waals surface area contributed by atoms with Crippen LogP contribution in [-0.4, -0.2) is 78.0 Å². The zero-order valence-electron chi connectivity index (χ0n) is 15.0. The number of carbonyl (C=O) groups excluding carboxylic acids is 2. The normalized spacial score (nSPS) is 21.2. The molecule has 2 saturated heterocycles. The van der Waals surface area contributed by atoms with Crippen LogP contribution in [0.4, 0.5) is 4.79 Å². The fourth-order valence-electron chi connectivity index (χ4n) is 3.38. The Balaban J connectivity index is 1.79. The molecule has 2 fully saturated rings. The Labute approximate surface area is 145 Å². The molecule has 0 saturated carbocycles. The molecule has 134 valence electrons. The average molecular weight is 334 g/mol. The van der Waals surface area contributed by atoms with E-state index in [0.29, 0.717) is 19.5 Å². The minimum atomic E-state index is -0.0989. The SMILES string of the molecule is C#CC[C@@H](CC)NC(=O)N1CCN([C@@H](C)C(=O)N2CCCC2)CC1. The molecule has 1 N–H and O–H groups in total. The summed E-state index contributed by atoms with van der Waals surface area (Å²) in [7, 11) is 0. The second-order valence-electron chi connectivity index (χ2n) is 6.69. The number of urea groups is 1. The number of rotatable bonds is 5. The highest BCUT2D eigenvalue weighted by Gasteiger charge is 2.31. The summed E-state index contributed by atoms with van der Waals surface area (Å²) in [4.78, 5) is 30.8. The maximum absolute atomic E-state index is 12.5. The van der Waals surface area contributed by atoms with E-state index in [9.17, 15) is 9.59 Å². The quantitative estimate of drug-likeness (QED) is 0.767. The number of piperazine rings is 1. The van der Waals surface area contributed by atoms with Crippen LogP contribution >= 0.6 is 0 Å². The van der Waals surface area contributed by atoms with Gasteiger partial charge in [0.05, 0.1) is 6.04 Å². The van der Waals surface area contributed by atoms with Gasteiger partial charge in [-0.15, -0.1) is 12.3 Å². The van der Waals surface area contributed by atoms with Gasteiger partial charge >= 0.3 is 6.03 Å². The van der Waals surface area contributed by atoms with E-state index >= 15 is 0 Å². The molecule has 6 nitrogen and oxygen atoms in total. The van der Waals surface area contributed by atoms with E-state index in [2.05, 4.69) is 16.1 Å². The first-order valence-electron chi connectivity index (χ1n) is 9.08. The van der Waals surface area contributed by atoms with Gasteiger partial charge in [0.2, 0.25) is 5.91 Å². The number of carbonyl (C=O) groups is 2. The molecule has 2 heterocycles. The average Bonchev–Trinajstić information content (AvgIpc) is 3.14. The smallest absolute Gasteiger partial charge is 0.317 e. The third-order valence-electron chi connectivity index (χ3n) is 5.11. The molecular formula is C18H30N4O2. The van der Waals surface area contributed by atoms with Gasteiger partial charge in [-0.05, 0) is 26.2 Å². The molecule has 24 heavy (non-hydrogen) atoms. The van der Waals surface area contributed by atoms with E-state index in [1.54, 1.807) is 0 Å². The molecule has 0 aromatic carbocycles. The number of amides is 3. The third-order valence-corrected chi connectivity index (χ3v) is 5.11. The second-order valence-corrected chi connectivity index (χ2v) is 6.69. The Morgan fingerprint density at radius 3 is 2.25 bits per heavy atom. The van der Waals surface area contributed by atoms with Gasteiger partial charge in [-0.2, -0.15) is 0 Å². The van der Waals surface area contributed by atoms with Crippen LogP contribution in [0.2, 0.25) is 0 Å². The van der Waals surface area contributed by atoms with Crippen LogP contribution in [0.1, 0.15) is 39.5 Å². The van der Waals surface area contributed by atoms with Crippen LogP contribution in [0.5, 0.6) is 0 Å². The summed E-state index contributed by atoms with van der Waals surface area (Å²) in [5.74, 6) is 2.83. The van der Waals surface area contributed by atoms with E-state index in [4.69, 9.17) is 6.42 Å². The highest BCUT2D eigenvalue weighted by molar-refractivity contribution is 5.81. The third kappa shape index (κ3) is 4.64. The summed E-state index contributed by atoms with van der Waals surface area (Å²) in [5.41, 5.74) is 0. The first-order valence-corrected chi connectivity index (χ1v) is 9.08. The van der Waals surface area contributed by atoms with Gasteiger partial charge in [0, 0.05) is 51.7 Å². The summed E-state index contributed by atoms with van der Waals surface area (Å²) in [5, 5.41) is 3.00. The lowest BCUT2D eigenvalue weighted by atomic mass is 10.1. The molecule has 2 rings (SSSR count). The lowest BCUT2D eigenvalue weighted by Crippen LogP contribution is -2.57. The van der Waals surface area contributed by atoms with Gasteiger partial charge in [-0.1, -0.05) is 6.92 Å². The van der Waals surface area contributed by atoms with E-state index in [0.717, 1.165) is 45.4 Å².